The molecule has 0 spiro atoms. The van der Waals surface area contributed by atoms with Crippen molar-refractivity contribution in [2.24, 2.45) is 0 Å². The van der Waals surface area contributed by atoms with Gasteiger partial charge in [-0.25, -0.2) is 0 Å². The highest BCUT2D eigenvalue weighted by atomic mass is 32.2. The maximum Gasteiger partial charge on any atom is 0.416 e. The van der Waals surface area contributed by atoms with Crippen LogP contribution in [0.25, 0.3) is 0 Å². The molecule has 1 heterocycles. The molecular weight excluding hydrogens is 315 g/mol. The number of benzene rings is 1. The Labute approximate surface area is 129 Å². The lowest BCUT2D eigenvalue weighted by atomic mass is 10.1. The van der Waals surface area contributed by atoms with Crippen molar-refractivity contribution in [3.8, 4) is 0 Å². The molecule has 0 saturated carbocycles. The highest BCUT2D eigenvalue weighted by Gasteiger charge is 2.29. The summed E-state index contributed by atoms with van der Waals surface area (Å²) in [6.07, 6.45) is -4.32. The second-order valence-electron chi connectivity index (χ2n) is 4.42. The van der Waals surface area contributed by atoms with Crippen LogP contribution in [0.1, 0.15) is 18.1 Å². The Morgan fingerprint density at radius 1 is 1.14 bits per heavy atom. The third kappa shape index (κ3) is 4.73. The molecule has 0 unspecified atom stereocenters. The van der Waals surface area contributed by atoms with Gasteiger partial charge < -0.3 is 5.32 Å². The molecule has 8 heteroatoms. The topological polar surface area (TPSA) is 54.9 Å². The van der Waals surface area contributed by atoms with Crippen molar-refractivity contribution in [3.63, 3.8) is 0 Å². The van der Waals surface area contributed by atoms with E-state index in [2.05, 4.69) is 15.5 Å². The van der Waals surface area contributed by atoms with Crippen LogP contribution in [-0.4, -0.2) is 16.1 Å². The summed E-state index contributed by atoms with van der Waals surface area (Å²) in [4.78, 5) is 10.8. The average molecular weight is 327 g/mol. The van der Waals surface area contributed by atoms with Gasteiger partial charge in [0, 0.05) is 12.7 Å². The molecule has 2 aromatic rings. The van der Waals surface area contributed by atoms with Gasteiger partial charge in [0.05, 0.1) is 5.56 Å². The molecule has 0 bridgehead atoms. The molecule has 0 aliphatic rings. The van der Waals surface area contributed by atoms with Crippen LogP contribution in [-0.2, 0) is 16.7 Å². The van der Waals surface area contributed by atoms with E-state index in [1.54, 1.807) is 12.1 Å². The van der Waals surface area contributed by atoms with Crippen LogP contribution in [0.15, 0.2) is 41.4 Å². The van der Waals surface area contributed by atoms with Gasteiger partial charge in [0.1, 0.15) is 5.03 Å². The van der Waals surface area contributed by atoms with Crippen LogP contribution in [0.4, 0.5) is 19.0 Å². The summed E-state index contributed by atoms with van der Waals surface area (Å²) in [5, 5.41) is 10.9. The van der Waals surface area contributed by atoms with Crippen molar-refractivity contribution < 1.29 is 18.0 Å². The lowest BCUT2D eigenvalue weighted by Gasteiger charge is -2.07. The zero-order valence-electron chi connectivity index (χ0n) is 11.5. The molecule has 1 aromatic carbocycles. The number of halogens is 3. The van der Waals surface area contributed by atoms with E-state index in [0.717, 1.165) is 17.7 Å². The second kappa shape index (κ2) is 6.78. The molecule has 1 N–H and O–H groups in total. The van der Waals surface area contributed by atoms with E-state index in [9.17, 15) is 18.0 Å². The summed E-state index contributed by atoms with van der Waals surface area (Å²) in [6.45, 7) is 1.37. The normalized spacial score (nSPS) is 11.3. The van der Waals surface area contributed by atoms with Crippen molar-refractivity contribution >= 4 is 23.5 Å². The van der Waals surface area contributed by atoms with Crippen LogP contribution in [0.2, 0.25) is 0 Å². The monoisotopic (exact) mass is 327 g/mol. The highest BCUT2D eigenvalue weighted by molar-refractivity contribution is 7.98. The number of nitrogens with zero attached hydrogens (tertiary/aromatic N) is 2. The SMILES string of the molecule is CC(=O)Nc1ccc(SCc2ccc(C(F)(F)F)cc2)nn1. The number of nitrogens with one attached hydrogen (secondary N) is 1. The third-order valence-corrected chi connectivity index (χ3v) is 3.60. The Bertz CT molecular complexity index is 642. The van der Waals surface area contributed by atoms with Crippen LogP contribution in [0.3, 0.4) is 0 Å². The number of hydrogen-bond acceptors (Lipinski definition) is 4. The van der Waals surface area contributed by atoms with E-state index in [4.69, 9.17) is 0 Å². The number of rotatable bonds is 4. The minimum Gasteiger partial charge on any atom is -0.309 e. The van der Waals surface area contributed by atoms with Crippen molar-refractivity contribution in [1.82, 2.24) is 10.2 Å². The highest BCUT2D eigenvalue weighted by Crippen LogP contribution is 2.30. The molecule has 4 nitrogen and oxygen atoms in total. The maximum absolute atomic E-state index is 12.4. The molecule has 22 heavy (non-hydrogen) atoms. The fraction of sp³-hybridized carbons (Fsp3) is 0.214. The van der Waals surface area contributed by atoms with E-state index in [1.807, 2.05) is 0 Å². The Morgan fingerprint density at radius 2 is 1.82 bits per heavy atom. The quantitative estimate of drug-likeness (QED) is 0.869. The first kappa shape index (κ1) is 16.3. The van der Waals surface area contributed by atoms with Gasteiger partial charge in [-0.05, 0) is 29.8 Å². The Balaban J connectivity index is 1.94. The van der Waals surface area contributed by atoms with Gasteiger partial charge in [-0.3, -0.25) is 4.79 Å². The molecule has 0 saturated heterocycles. The molecule has 2 rings (SSSR count). The second-order valence-corrected chi connectivity index (χ2v) is 5.42. The molecule has 0 aliphatic heterocycles. The predicted molar refractivity (Wildman–Crippen MR) is 77.3 cm³/mol. The van der Waals surface area contributed by atoms with Gasteiger partial charge in [0.2, 0.25) is 5.91 Å². The minimum atomic E-state index is -4.32. The zero-order valence-corrected chi connectivity index (χ0v) is 12.3. The Morgan fingerprint density at radius 3 is 2.32 bits per heavy atom. The Hall–Kier alpha value is -2.09. The van der Waals surface area contributed by atoms with Crippen molar-refractivity contribution in [2.75, 3.05) is 5.32 Å². The van der Waals surface area contributed by atoms with E-state index < -0.39 is 11.7 Å². The van der Waals surface area contributed by atoms with Crippen LogP contribution in [0.5, 0.6) is 0 Å². The lowest BCUT2D eigenvalue weighted by molar-refractivity contribution is -0.137. The number of aromatic nitrogens is 2. The van der Waals surface area contributed by atoms with E-state index in [1.165, 1.54) is 30.8 Å². The first-order valence-corrected chi connectivity index (χ1v) is 7.23. The fourth-order valence-electron chi connectivity index (χ4n) is 1.59. The number of carbonyl (C=O) groups excluding carboxylic acids is 1. The number of anilines is 1. The predicted octanol–water partition coefficient (Wildman–Crippen LogP) is 3.75. The summed E-state index contributed by atoms with van der Waals surface area (Å²) in [6, 6.07) is 8.29. The molecule has 116 valence electrons. The minimum absolute atomic E-state index is 0.237. The van der Waals surface area contributed by atoms with Gasteiger partial charge in [0.25, 0.3) is 0 Å². The summed E-state index contributed by atoms with van der Waals surface area (Å²) in [5.74, 6) is 0.595. The molecular formula is C14H12F3N3OS. The molecule has 0 radical (unpaired) electrons. The molecule has 1 aromatic heterocycles. The van der Waals surface area contributed by atoms with Crippen LogP contribution >= 0.6 is 11.8 Å². The molecule has 0 aliphatic carbocycles. The number of carbonyl (C=O) groups is 1. The van der Waals surface area contributed by atoms with Gasteiger partial charge in [-0.2, -0.15) is 13.2 Å². The van der Waals surface area contributed by atoms with E-state index in [0.29, 0.717) is 16.6 Å². The maximum atomic E-state index is 12.4. The number of hydrogen-bond donors (Lipinski definition) is 1. The summed E-state index contributed by atoms with van der Waals surface area (Å²) in [7, 11) is 0. The molecule has 0 fully saturated rings. The molecule has 1 amide bonds. The number of thioether (sulfide) groups is 1. The van der Waals surface area contributed by atoms with Crippen molar-refractivity contribution in [3.05, 3.63) is 47.5 Å². The van der Waals surface area contributed by atoms with Gasteiger partial charge in [0.15, 0.2) is 5.82 Å². The Kier molecular flexibility index (Phi) is 5.02. The van der Waals surface area contributed by atoms with Crippen molar-refractivity contribution in [1.29, 1.82) is 0 Å². The summed E-state index contributed by atoms with van der Waals surface area (Å²) >= 11 is 1.35. The number of alkyl halides is 3. The van der Waals surface area contributed by atoms with E-state index >= 15 is 0 Å². The molecule has 0 atom stereocenters. The fourth-order valence-corrected chi connectivity index (χ4v) is 2.36. The van der Waals surface area contributed by atoms with E-state index in [-0.39, 0.29) is 5.91 Å². The zero-order chi connectivity index (χ0) is 16.2. The first-order chi connectivity index (χ1) is 10.3. The smallest absolute Gasteiger partial charge is 0.309 e. The summed E-state index contributed by atoms with van der Waals surface area (Å²) < 4.78 is 37.3. The first-order valence-electron chi connectivity index (χ1n) is 6.25. The lowest BCUT2D eigenvalue weighted by Crippen LogP contribution is -2.07. The standard InChI is InChI=1S/C14H12F3N3OS/c1-9(21)18-12-6-7-13(20-19-12)22-8-10-2-4-11(5-3-10)14(15,16)17/h2-7H,8H2,1H3,(H,18,19,21). The van der Waals surface area contributed by atoms with Gasteiger partial charge in [-0.1, -0.05) is 23.9 Å². The third-order valence-electron chi connectivity index (χ3n) is 2.61. The average Bonchev–Trinajstić information content (AvgIpc) is 2.45. The van der Waals surface area contributed by atoms with Gasteiger partial charge in [-0.15, -0.1) is 10.2 Å². The largest absolute Gasteiger partial charge is 0.416 e. The van der Waals surface area contributed by atoms with Gasteiger partial charge >= 0.3 is 6.18 Å². The number of amides is 1. The van der Waals surface area contributed by atoms with Crippen LogP contribution in [0, 0.1) is 0 Å². The summed E-state index contributed by atoms with van der Waals surface area (Å²) in [5.41, 5.74) is 0.0893. The van der Waals surface area contributed by atoms with Crippen LogP contribution < -0.4 is 5.32 Å². The van der Waals surface area contributed by atoms with Crippen molar-refractivity contribution in [2.45, 2.75) is 23.9 Å².